The highest BCUT2D eigenvalue weighted by molar-refractivity contribution is 8.00. The second kappa shape index (κ2) is 6.37. The average Bonchev–Trinajstić information content (AvgIpc) is 2.70. The van der Waals surface area contributed by atoms with E-state index in [0.717, 1.165) is 0 Å². The molecule has 0 aromatic carbocycles. The van der Waals surface area contributed by atoms with Gasteiger partial charge in [0.25, 0.3) is 0 Å². The van der Waals surface area contributed by atoms with Crippen LogP contribution in [0.5, 0.6) is 0 Å². The van der Waals surface area contributed by atoms with E-state index in [-0.39, 0.29) is 11.8 Å². The van der Waals surface area contributed by atoms with Gasteiger partial charge in [-0.25, -0.2) is 0 Å². The van der Waals surface area contributed by atoms with E-state index in [1.165, 1.54) is 18.9 Å². The fraction of sp³-hybridized carbons (Fsp3) is 0.455. The van der Waals surface area contributed by atoms with Gasteiger partial charge in [-0.3, -0.25) is 9.59 Å². The molecule has 0 atom stereocenters. The largest absolute Gasteiger partial charge is 0.469 e. The molecule has 0 spiro atoms. The van der Waals surface area contributed by atoms with Gasteiger partial charge in [-0.2, -0.15) is 11.8 Å². The number of thioether (sulfide) groups is 1. The van der Waals surface area contributed by atoms with Crippen molar-refractivity contribution >= 4 is 23.5 Å². The molecule has 16 heavy (non-hydrogen) atoms. The van der Waals surface area contributed by atoms with Crippen LogP contribution in [0.1, 0.15) is 16.8 Å². The van der Waals surface area contributed by atoms with E-state index >= 15 is 0 Å². The lowest BCUT2D eigenvalue weighted by molar-refractivity contribution is -0.140. The molecule has 0 fully saturated rings. The second-order valence-electron chi connectivity index (χ2n) is 3.37. The molecule has 0 aliphatic carbocycles. The predicted molar refractivity (Wildman–Crippen MR) is 63.7 cm³/mol. The molecule has 0 bridgehead atoms. The van der Waals surface area contributed by atoms with Gasteiger partial charge in [0.2, 0.25) is 0 Å². The number of esters is 1. The molecular weight excluding hydrogens is 226 g/mol. The van der Waals surface area contributed by atoms with Gasteiger partial charge in [0.1, 0.15) is 0 Å². The zero-order chi connectivity index (χ0) is 12.0. The van der Waals surface area contributed by atoms with Gasteiger partial charge in [0, 0.05) is 30.8 Å². The van der Waals surface area contributed by atoms with Crippen molar-refractivity contribution < 1.29 is 14.3 Å². The number of Topliss-reactive ketones (excluding diaryl/α,β-unsaturated/α-hetero) is 1. The summed E-state index contributed by atoms with van der Waals surface area (Å²) >= 11 is 1.45. The molecule has 0 aliphatic rings. The Morgan fingerprint density at radius 2 is 2.25 bits per heavy atom. The van der Waals surface area contributed by atoms with Gasteiger partial charge in [-0.05, 0) is 6.07 Å². The molecule has 1 aromatic heterocycles. The number of carbonyl (C=O) groups excluding carboxylic acids is 2. The number of aryl methyl sites for hydroxylation is 1. The molecule has 0 aliphatic heterocycles. The van der Waals surface area contributed by atoms with Crippen molar-refractivity contribution in [2.45, 2.75) is 6.42 Å². The van der Waals surface area contributed by atoms with Crippen molar-refractivity contribution in [1.82, 2.24) is 4.57 Å². The second-order valence-corrected chi connectivity index (χ2v) is 4.47. The van der Waals surface area contributed by atoms with Gasteiger partial charge in [-0.1, -0.05) is 0 Å². The van der Waals surface area contributed by atoms with Crippen molar-refractivity contribution in [3.8, 4) is 0 Å². The van der Waals surface area contributed by atoms with Crippen LogP contribution in [0.25, 0.3) is 0 Å². The maximum Gasteiger partial charge on any atom is 0.306 e. The number of hydrogen-bond acceptors (Lipinski definition) is 4. The summed E-state index contributed by atoms with van der Waals surface area (Å²) in [5.74, 6) is 0.877. The Bertz CT molecular complexity index is 373. The Labute approximate surface area is 99.0 Å². The Balaban J connectivity index is 2.23. The SMILES string of the molecule is COC(=O)CCSCC(=O)c1ccn(C)c1. The monoisotopic (exact) mass is 241 g/mol. The fourth-order valence-electron chi connectivity index (χ4n) is 1.17. The van der Waals surface area contributed by atoms with Crippen LogP contribution < -0.4 is 0 Å². The summed E-state index contributed by atoms with van der Waals surface area (Å²) < 4.78 is 6.34. The summed E-state index contributed by atoms with van der Waals surface area (Å²) in [5, 5.41) is 0. The van der Waals surface area contributed by atoms with Crippen molar-refractivity contribution in [3.05, 3.63) is 24.0 Å². The van der Waals surface area contributed by atoms with E-state index in [1.54, 1.807) is 12.3 Å². The van der Waals surface area contributed by atoms with E-state index in [2.05, 4.69) is 4.74 Å². The number of aromatic nitrogens is 1. The lowest BCUT2D eigenvalue weighted by Gasteiger charge is -1.99. The molecule has 0 unspecified atom stereocenters. The van der Waals surface area contributed by atoms with Crippen LogP contribution in [0, 0.1) is 0 Å². The molecule has 88 valence electrons. The number of hydrogen-bond donors (Lipinski definition) is 0. The van der Waals surface area contributed by atoms with Gasteiger partial charge in [-0.15, -0.1) is 0 Å². The van der Waals surface area contributed by atoms with E-state index in [0.29, 0.717) is 23.5 Å². The summed E-state index contributed by atoms with van der Waals surface area (Å²) in [6.45, 7) is 0. The molecule has 1 heterocycles. The van der Waals surface area contributed by atoms with Crippen LogP contribution >= 0.6 is 11.8 Å². The third-order valence-electron chi connectivity index (χ3n) is 2.07. The van der Waals surface area contributed by atoms with Gasteiger partial charge in [0.05, 0.1) is 19.3 Å². The lowest BCUT2D eigenvalue weighted by atomic mass is 10.2. The first-order valence-corrected chi connectivity index (χ1v) is 6.08. The Kier molecular flexibility index (Phi) is 5.11. The number of carbonyl (C=O) groups is 2. The molecule has 0 amide bonds. The fourth-order valence-corrected chi connectivity index (χ4v) is 1.98. The molecule has 0 saturated heterocycles. The maximum atomic E-state index is 11.6. The molecular formula is C11H15NO3S. The van der Waals surface area contributed by atoms with Crippen LogP contribution in [0.15, 0.2) is 18.5 Å². The van der Waals surface area contributed by atoms with Gasteiger partial charge < -0.3 is 9.30 Å². The maximum absolute atomic E-state index is 11.6. The normalized spacial score (nSPS) is 10.1. The highest BCUT2D eigenvalue weighted by Crippen LogP contribution is 2.09. The molecule has 4 nitrogen and oxygen atoms in total. The third-order valence-corrected chi connectivity index (χ3v) is 3.02. The van der Waals surface area contributed by atoms with E-state index in [1.807, 2.05) is 17.8 Å². The van der Waals surface area contributed by atoms with E-state index in [4.69, 9.17) is 0 Å². The third kappa shape index (κ3) is 4.10. The smallest absolute Gasteiger partial charge is 0.306 e. The Morgan fingerprint density at radius 3 is 2.81 bits per heavy atom. The lowest BCUT2D eigenvalue weighted by Crippen LogP contribution is -2.05. The number of nitrogens with zero attached hydrogens (tertiary/aromatic N) is 1. The molecule has 1 aromatic rings. The number of rotatable bonds is 6. The first-order chi connectivity index (χ1) is 7.63. The first kappa shape index (κ1) is 12.8. The number of ketones is 1. The summed E-state index contributed by atoms with van der Waals surface area (Å²) in [4.78, 5) is 22.4. The molecule has 0 saturated carbocycles. The number of methoxy groups -OCH3 is 1. The minimum Gasteiger partial charge on any atom is -0.469 e. The quantitative estimate of drug-likeness (QED) is 0.430. The van der Waals surface area contributed by atoms with Crippen LogP contribution in [-0.2, 0) is 16.6 Å². The topological polar surface area (TPSA) is 48.3 Å². The zero-order valence-corrected chi connectivity index (χ0v) is 10.3. The first-order valence-electron chi connectivity index (χ1n) is 4.93. The molecule has 1 rings (SSSR count). The average molecular weight is 241 g/mol. The van der Waals surface area contributed by atoms with E-state index < -0.39 is 0 Å². The highest BCUT2D eigenvalue weighted by atomic mass is 32.2. The highest BCUT2D eigenvalue weighted by Gasteiger charge is 2.07. The molecule has 0 N–H and O–H groups in total. The standard InChI is InChI=1S/C11H15NO3S/c1-12-5-3-9(7-12)10(13)8-16-6-4-11(14)15-2/h3,5,7H,4,6,8H2,1-2H3. The van der Waals surface area contributed by atoms with Crippen molar-refractivity contribution in [2.75, 3.05) is 18.6 Å². The molecule has 5 heteroatoms. The van der Waals surface area contributed by atoms with Crippen molar-refractivity contribution in [2.24, 2.45) is 7.05 Å². The Hall–Kier alpha value is -1.23. The van der Waals surface area contributed by atoms with E-state index in [9.17, 15) is 9.59 Å². The van der Waals surface area contributed by atoms with Gasteiger partial charge >= 0.3 is 5.97 Å². The number of ether oxygens (including phenoxy) is 1. The molecule has 0 radical (unpaired) electrons. The van der Waals surface area contributed by atoms with Crippen LogP contribution in [-0.4, -0.2) is 34.9 Å². The van der Waals surface area contributed by atoms with Crippen molar-refractivity contribution in [1.29, 1.82) is 0 Å². The summed E-state index contributed by atoms with van der Waals surface area (Å²) in [5.41, 5.74) is 0.716. The van der Waals surface area contributed by atoms with Crippen LogP contribution in [0.3, 0.4) is 0 Å². The summed E-state index contributed by atoms with van der Waals surface area (Å²) in [7, 11) is 3.24. The predicted octanol–water partition coefficient (Wildman–Crippen LogP) is 1.50. The van der Waals surface area contributed by atoms with Crippen LogP contribution in [0.4, 0.5) is 0 Å². The minimum atomic E-state index is -0.236. The summed E-state index contributed by atoms with van der Waals surface area (Å²) in [6, 6.07) is 1.79. The van der Waals surface area contributed by atoms with Crippen molar-refractivity contribution in [3.63, 3.8) is 0 Å². The van der Waals surface area contributed by atoms with Crippen LogP contribution in [0.2, 0.25) is 0 Å². The summed E-state index contributed by atoms with van der Waals surface area (Å²) in [6.07, 6.45) is 3.98. The van der Waals surface area contributed by atoms with Gasteiger partial charge in [0.15, 0.2) is 5.78 Å². The zero-order valence-electron chi connectivity index (χ0n) is 9.43. The minimum absolute atomic E-state index is 0.0930. The Morgan fingerprint density at radius 1 is 1.50 bits per heavy atom.